The Morgan fingerprint density at radius 1 is 0.750 bits per heavy atom. The molecular formula is C11H18O9. The molecule has 0 unspecified atom stereocenters. The molecule has 0 saturated carbocycles. The molecule has 116 valence electrons. The van der Waals surface area contributed by atoms with Crippen LogP contribution in [0.2, 0.25) is 0 Å². The van der Waals surface area contributed by atoms with E-state index in [1.165, 1.54) is 0 Å². The molecule has 0 fully saturated rings. The molecule has 0 aliphatic rings. The Balaban J connectivity index is 4.28. The number of hydrogen-bond donors (Lipinski definition) is 3. The maximum absolute atomic E-state index is 10.3. The van der Waals surface area contributed by atoms with E-state index in [0.29, 0.717) is 0 Å². The largest absolute Gasteiger partial charge is 0.480 e. The van der Waals surface area contributed by atoms with Gasteiger partial charge < -0.3 is 29.5 Å². The highest BCUT2D eigenvalue weighted by Crippen LogP contribution is 2.18. The molecule has 0 saturated heterocycles. The Bertz CT molecular complexity index is 288. The van der Waals surface area contributed by atoms with Gasteiger partial charge in [-0.1, -0.05) is 6.92 Å². The zero-order valence-corrected chi connectivity index (χ0v) is 11.0. The third-order valence-electron chi connectivity index (χ3n) is 2.03. The van der Waals surface area contributed by atoms with Crippen LogP contribution in [-0.4, -0.2) is 72.9 Å². The van der Waals surface area contributed by atoms with Crippen molar-refractivity contribution >= 4 is 17.9 Å². The normalized spacial score (nSPS) is 11.2. The second-order valence-electron chi connectivity index (χ2n) is 4.47. The molecule has 0 aromatic rings. The fraction of sp³-hybridized carbons (Fsp3) is 0.727. The van der Waals surface area contributed by atoms with Crippen molar-refractivity contribution in [1.29, 1.82) is 0 Å². The van der Waals surface area contributed by atoms with Crippen LogP contribution in [0.25, 0.3) is 0 Å². The number of ether oxygens (including phenoxy) is 3. The van der Waals surface area contributed by atoms with Crippen LogP contribution in [0.4, 0.5) is 0 Å². The maximum atomic E-state index is 10.3. The SMILES string of the molecule is CC(COCC(=O)O)(COCC(=O)O)COCC(=O)O. The van der Waals surface area contributed by atoms with Gasteiger partial charge in [0, 0.05) is 5.41 Å². The first kappa shape index (κ1) is 18.3. The lowest BCUT2D eigenvalue weighted by Gasteiger charge is -2.28. The van der Waals surface area contributed by atoms with Gasteiger partial charge in [0.25, 0.3) is 0 Å². The van der Waals surface area contributed by atoms with E-state index in [1.807, 2.05) is 0 Å². The summed E-state index contributed by atoms with van der Waals surface area (Å²) >= 11 is 0. The molecule has 0 atom stereocenters. The molecule has 0 rings (SSSR count). The number of carboxylic acid groups (broad SMARTS) is 3. The lowest BCUT2D eigenvalue weighted by molar-refractivity contribution is -0.149. The second kappa shape index (κ2) is 9.23. The minimum absolute atomic E-state index is 0.0709. The number of aliphatic carboxylic acids is 3. The topological polar surface area (TPSA) is 140 Å². The maximum Gasteiger partial charge on any atom is 0.329 e. The molecule has 9 nitrogen and oxygen atoms in total. The Kier molecular flexibility index (Phi) is 8.45. The fourth-order valence-electron chi connectivity index (χ4n) is 1.28. The van der Waals surface area contributed by atoms with E-state index < -0.39 is 43.1 Å². The summed E-state index contributed by atoms with van der Waals surface area (Å²) in [5.41, 5.74) is -0.847. The average Bonchev–Trinajstić information content (AvgIpc) is 2.27. The minimum Gasteiger partial charge on any atom is -0.480 e. The highest BCUT2D eigenvalue weighted by molar-refractivity contribution is 5.68. The van der Waals surface area contributed by atoms with Crippen molar-refractivity contribution in [3.05, 3.63) is 0 Å². The molecule has 0 heterocycles. The van der Waals surface area contributed by atoms with Gasteiger partial charge in [0.05, 0.1) is 19.8 Å². The summed E-state index contributed by atoms with van der Waals surface area (Å²) in [5, 5.41) is 25.4. The predicted octanol–water partition coefficient (Wildman–Crippen LogP) is -0.704. The molecule has 0 aliphatic heterocycles. The van der Waals surface area contributed by atoms with Gasteiger partial charge in [0.2, 0.25) is 0 Å². The van der Waals surface area contributed by atoms with Gasteiger partial charge in [-0.3, -0.25) is 0 Å². The molecule has 20 heavy (non-hydrogen) atoms. The van der Waals surface area contributed by atoms with Crippen molar-refractivity contribution in [2.24, 2.45) is 5.41 Å². The van der Waals surface area contributed by atoms with Crippen LogP contribution in [0.3, 0.4) is 0 Å². The lowest BCUT2D eigenvalue weighted by atomic mass is 9.94. The van der Waals surface area contributed by atoms with E-state index in [0.717, 1.165) is 0 Å². The van der Waals surface area contributed by atoms with Gasteiger partial charge in [-0.25, -0.2) is 14.4 Å². The first-order chi connectivity index (χ1) is 9.25. The van der Waals surface area contributed by atoms with Crippen LogP contribution in [0.15, 0.2) is 0 Å². The Hall–Kier alpha value is -1.71. The average molecular weight is 294 g/mol. The van der Waals surface area contributed by atoms with E-state index in [2.05, 4.69) is 0 Å². The summed E-state index contributed by atoms with van der Waals surface area (Å²) < 4.78 is 14.8. The molecule has 9 heteroatoms. The highest BCUT2D eigenvalue weighted by Gasteiger charge is 2.27. The first-order valence-corrected chi connectivity index (χ1v) is 5.64. The molecule has 0 aromatic heterocycles. The summed E-state index contributed by atoms with van der Waals surface area (Å²) in [6.07, 6.45) is 0. The van der Waals surface area contributed by atoms with Crippen LogP contribution in [-0.2, 0) is 28.6 Å². The van der Waals surface area contributed by atoms with Gasteiger partial charge in [-0.2, -0.15) is 0 Å². The highest BCUT2D eigenvalue weighted by atomic mass is 16.5. The van der Waals surface area contributed by atoms with Crippen LogP contribution in [0.1, 0.15) is 6.92 Å². The summed E-state index contributed by atoms with van der Waals surface area (Å²) in [7, 11) is 0. The van der Waals surface area contributed by atoms with Gasteiger partial charge in [0.1, 0.15) is 19.8 Å². The van der Waals surface area contributed by atoms with Crippen LogP contribution >= 0.6 is 0 Å². The van der Waals surface area contributed by atoms with Crippen LogP contribution < -0.4 is 0 Å². The number of carboxylic acids is 3. The van der Waals surface area contributed by atoms with Gasteiger partial charge in [-0.15, -0.1) is 0 Å². The summed E-state index contributed by atoms with van der Waals surface area (Å²) in [6.45, 7) is -0.164. The second-order valence-corrected chi connectivity index (χ2v) is 4.47. The predicted molar refractivity (Wildman–Crippen MR) is 63.5 cm³/mol. The molecule has 0 aliphatic carbocycles. The summed E-state index contributed by atoms with van der Waals surface area (Å²) in [5.74, 6) is -3.44. The van der Waals surface area contributed by atoms with E-state index >= 15 is 0 Å². The van der Waals surface area contributed by atoms with Gasteiger partial charge in [0.15, 0.2) is 0 Å². The molecule has 3 N–H and O–H groups in total. The Labute approximate surface area is 115 Å². The van der Waals surface area contributed by atoms with Crippen molar-refractivity contribution in [2.75, 3.05) is 39.6 Å². The Morgan fingerprint density at radius 3 is 1.20 bits per heavy atom. The minimum atomic E-state index is -1.15. The Morgan fingerprint density at radius 2 is 1.00 bits per heavy atom. The zero-order valence-electron chi connectivity index (χ0n) is 11.0. The molecular weight excluding hydrogens is 276 g/mol. The third kappa shape index (κ3) is 10.2. The molecule has 0 amide bonds. The number of carbonyl (C=O) groups is 3. The van der Waals surface area contributed by atoms with Crippen LogP contribution in [0.5, 0.6) is 0 Å². The van der Waals surface area contributed by atoms with Crippen molar-refractivity contribution in [2.45, 2.75) is 6.92 Å². The van der Waals surface area contributed by atoms with Crippen molar-refractivity contribution in [1.82, 2.24) is 0 Å². The molecule has 0 spiro atoms. The van der Waals surface area contributed by atoms with Crippen molar-refractivity contribution in [3.8, 4) is 0 Å². The summed E-state index contributed by atoms with van der Waals surface area (Å²) in [4.78, 5) is 31.0. The number of rotatable bonds is 12. The number of hydrogen-bond acceptors (Lipinski definition) is 6. The smallest absolute Gasteiger partial charge is 0.329 e. The zero-order chi connectivity index (χ0) is 15.6. The lowest BCUT2D eigenvalue weighted by Crippen LogP contribution is -2.36. The summed E-state index contributed by atoms with van der Waals surface area (Å²) in [6, 6.07) is 0. The molecule has 0 aromatic carbocycles. The van der Waals surface area contributed by atoms with Crippen molar-refractivity contribution < 1.29 is 43.9 Å². The first-order valence-electron chi connectivity index (χ1n) is 5.64. The molecule has 0 radical (unpaired) electrons. The van der Waals surface area contributed by atoms with Crippen LogP contribution in [0, 0.1) is 5.41 Å². The monoisotopic (exact) mass is 294 g/mol. The third-order valence-corrected chi connectivity index (χ3v) is 2.03. The van der Waals surface area contributed by atoms with E-state index in [-0.39, 0.29) is 19.8 Å². The van der Waals surface area contributed by atoms with E-state index in [9.17, 15) is 14.4 Å². The molecule has 0 bridgehead atoms. The quantitative estimate of drug-likeness (QED) is 0.426. The fourth-order valence-corrected chi connectivity index (χ4v) is 1.28. The van der Waals surface area contributed by atoms with Gasteiger partial charge in [-0.05, 0) is 0 Å². The van der Waals surface area contributed by atoms with E-state index in [4.69, 9.17) is 29.5 Å². The van der Waals surface area contributed by atoms with Gasteiger partial charge >= 0.3 is 17.9 Å². The standard InChI is InChI=1S/C11H18O9/c1-11(5-18-2-8(12)13,6-19-3-9(14)15)7-20-4-10(16)17/h2-7H2,1H3,(H,12,13)(H,14,15)(H,16,17). The van der Waals surface area contributed by atoms with Crippen molar-refractivity contribution in [3.63, 3.8) is 0 Å². The van der Waals surface area contributed by atoms with E-state index in [1.54, 1.807) is 6.92 Å².